The first-order chi connectivity index (χ1) is 11.4. The van der Waals surface area contributed by atoms with Gasteiger partial charge in [-0.15, -0.1) is 0 Å². The van der Waals surface area contributed by atoms with E-state index in [1.165, 1.54) is 0 Å². The number of β-amino-alcohol motifs (C(OH)–C–C–N with tert-alkyl or cyclic N) is 1. The van der Waals surface area contributed by atoms with Gasteiger partial charge in [0, 0.05) is 26.6 Å². The van der Waals surface area contributed by atoms with E-state index in [0.717, 1.165) is 42.8 Å². The molecule has 5 nitrogen and oxygen atoms in total. The van der Waals surface area contributed by atoms with E-state index in [0.29, 0.717) is 13.2 Å². The van der Waals surface area contributed by atoms with Crippen LogP contribution in [0.5, 0.6) is 5.75 Å². The number of amides is 1. The lowest BCUT2D eigenvalue weighted by Gasteiger charge is -2.33. The highest BCUT2D eigenvalue weighted by atomic mass is 16.5. The fourth-order valence-corrected chi connectivity index (χ4v) is 3.13. The molecule has 0 radical (unpaired) electrons. The van der Waals surface area contributed by atoms with Crippen LogP contribution in [0.3, 0.4) is 0 Å². The average molecular weight is 334 g/mol. The molecule has 0 bridgehead atoms. The van der Waals surface area contributed by atoms with Crippen LogP contribution in [-0.4, -0.2) is 67.3 Å². The minimum absolute atomic E-state index is 0.125. The van der Waals surface area contributed by atoms with Crippen LogP contribution in [0.2, 0.25) is 0 Å². The van der Waals surface area contributed by atoms with Crippen molar-refractivity contribution in [1.82, 2.24) is 9.80 Å². The molecule has 1 aliphatic rings. The summed E-state index contributed by atoms with van der Waals surface area (Å²) in [5.41, 5.74) is 2.23. The number of likely N-dealkylation sites (tertiary alicyclic amines) is 1. The molecule has 1 aliphatic heterocycles. The SMILES string of the molecule is Cc1ccc(C)c(OCC(O)CN2CCC(C(=O)N(C)C)CC2)c1. The lowest BCUT2D eigenvalue weighted by Crippen LogP contribution is -2.43. The van der Waals surface area contributed by atoms with Crippen molar-refractivity contribution in [3.63, 3.8) is 0 Å². The molecular formula is C19H30N2O3. The van der Waals surface area contributed by atoms with Gasteiger partial charge in [0.1, 0.15) is 18.5 Å². The minimum Gasteiger partial charge on any atom is -0.491 e. The Balaban J connectivity index is 1.74. The molecule has 0 saturated carbocycles. The number of hydrogen-bond acceptors (Lipinski definition) is 4. The molecule has 1 saturated heterocycles. The van der Waals surface area contributed by atoms with Crippen LogP contribution >= 0.6 is 0 Å². The Labute approximate surface area is 145 Å². The topological polar surface area (TPSA) is 53.0 Å². The van der Waals surface area contributed by atoms with Gasteiger partial charge in [0.2, 0.25) is 5.91 Å². The summed E-state index contributed by atoms with van der Waals surface area (Å²) in [6, 6.07) is 6.09. The van der Waals surface area contributed by atoms with Crippen molar-refractivity contribution >= 4 is 5.91 Å². The molecule has 1 fully saturated rings. The van der Waals surface area contributed by atoms with Gasteiger partial charge in [-0.05, 0) is 57.0 Å². The molecule has 1 unspecified atom stereocenters. The molecule has 0 aromatic heterocycles. The highest BCUT2D eigenvalue weighted by molar-refractivity contribution is 5.78. The fourth-order valence-electron chi connectivity index (χ4n) is 3.13. The minimum atomic E-state index is -0.522. The van der Waals surface area contributed by atoms with Gasteiger partial charge in [0.25, 0.3) is 0 Å². The highest BCUT2D eigenvalue weighted by Crippen LogP contribution is 2.21. The van der Waals surface area contributed by atoms with E-state index in [-0.39, 0.29) is 11.8 Å². The van der Waals surface area contributed by atoms with Crippen molar-refractivity contribution in [3.8, 4) is 5.75 Å². The van der Waals surface area contributed by atoms with Crippen LogP contribution in [-0.2, 0) is 4.79 Å². The van der Waals surface area contributed by atoms with Crippen LogP contribution in [0.4, 0.5) is 0 Å². The number of aliphatic hydroxyl groups is 1. The first-order valence-corrected chi connectivity index (χ1v) is 8.68. The van der Waals surface area contributed by atoms with Gasteiger partial charge in [0.15, 0.2) is 0 Å². The van der Waals surface area contributed by atoms with Crippen LogP contribution in [0, 0.1) is 19.8 Å². The number of ether oxygens (including phenoxy) is 1. The summed E-state index contributed by atoms with van der Waals surface area (Å²) in [4.78, 5) is 15.9. The zero-order valence-electron chi connectivity index (χ0n) is 15.3. The Hall–Kier alpha value is -1.59. The maximum absolute atomic E-state index is 12.0. The van der Waals surface area contributed by atoms with Gasteiger partial charge in [-0.2, -0.15) is 0 Å². The van der Waals surface area contributed by atoms with E-state index in [1.54, 1.807) is 4.90 Å². The predicted molar refractivity (Wildman–Crippen MR) is 95.3 cm³/mol. The summed E-state index contributed by atoms with van der Waals surface area (Å²) in [5.74, 6) is 1.18. The normalized spacial score (nSPS) is 17.5. The quantitative estimate of drug-likeness (QED) is 0.862. The average Bonchev–Trinajstić information content (AvgIpc) is 2.55. The molecule has 1 atom stereocenters. The predicted octanol–water partition coefficient (Wildman–Crippen LogP) is 1.84. The van der Waals surface area contributed by atoms with Crippen LogP contribution in [0.1, 0.15) is 24.0 Å². The number of carbonyl (C=O) groups is 1. The Morgan fingerprint density at radius 2 is 2.00 bits per heavy atom. The van der Waals surface area contributed by atoms with Crippen LogP contribution in [0.15, 0.2) is 18.2 Å². The molecule has 2 rings (SSSR count). The van der Waals surface area contributed by atoms with Crippen molar-refractivity contribution in [2.24, 2.45) is 5.92 Å². The number of nitrogens with zero attached hydrogens (tertiary/aromatic N) is 2. The van der Waals surface area contributed by atoms with E-state index in [4.69, 9.17) is 4.74 Å². The Morgan fingerprint density at radius 1 is 1.33 bits per heavy atom. The summed E-state index contributed by atoms with van der Waals surface area (Å²) >= 11 is 0. The first-order valence-electron chi connectivity index (χ1n) is 8.68. The van der Waals surface area contributed by atoms with E-state index in [9.17, 15) is 9.90 Å². The van der Waals surface area contributed by atoms with Gasteiger partial charge >= 0.3 is 0 Å². The number of benzene rings is 1. The van der Waals surface area contributed by atoms with E-state index >= 15 is 0 Å². The number of hydrogen-bond donors (Lipinski definition) is 1. The third-order valence-electron chi connectivity index (χ3n) is 4.62. The molecule has 1 N–H and O–H groups in total. The Bertz CT molecular complexity index is 552. The van der Waals surface area contributed by atoms with Crippen molar-refractivity contribution in [2.75, 3.05) is 40.3 Å². The zero-order chi connectivity index (χ0) is 17.7. The molecule has 1 heterocycles. The van der Waals surface area contributed by atoms with Gasteiger partial charge < -0.3 is 19.6 Å². The standard InChI is InChI=1S/C19H30N2O3/c1-14-5-6-15(2)18(11-14)24-13-17(22)12-21-9-7-16(8-10-21)19(23)20(3)4/h5-6,11,16-17,22H,7-10,12-13H2,1-4H3. The summed E-state index contributed by atoms with van der Waals surface area (Å²) in [7, 11) is 3.62. The summed E-state index contributed by atoms with van der Waals surface area (Å²) < 4.78 is 5.77. The number of rotatable bonds is 6. The molecule has 1 amide bonds. The lowest BCUT2D eigenvalue weighted by molar-refractivity contribution is -0.134. The molecule has 5 heteroatoms. The van der Waals surface area contributed by atoms with Gasteiger partial charge in [-0.25, -0.2) is 0 Å². The molecule has 134 valence electrons. The van der Waals surface area contributed by atoms with Crippen molar-refractivity contribution in [2.45, 2.75) is 32.8 Å². The highest BCUT2D eigenvalue weighted by Gasteiger charge is 2.26. The van der Waals surface area contributed by atoms with Crippen molar-refractivity contribution < 1.29 is 14.6 Å². The van der Waals surface area contributed by atoms with Gasteiger partial charge in [0.05, 0.1) is 0 Å². The number of aryl methyl sites for hydroxylation is 2. The second-order valence-electron chi connectivity index (χ2n) is 7.04. The summed E-state index contributed by atoms with van der Waals surface area (Å²) in [6.07, 6.45) is 1.20. The molecular weight excluding hydrogens is 304 g/mol. The Kier molecular flexibility index (Phi) is 6.63. The maximum atomic E-state index is 12.0. The second-order valence-corrected chi connectivity index (χ2v) is 7.04. The monoisotopic (exact) mass is 334 g/mol. The van der Waals surface area contributed by atoms with E-state index in [1.807, 2.05) is 40.1 Å². The summed E-state index contributed by atoms with van der Waals surface area (Å²) in [6.45, 7) is 6.62. The second kappa shape index (κ2) is 8.49. The third kappa shape index (κ3) is 5.21. The van der Waals surface area contributed by atoms with Crippen molar-refractivity contribution in [1.29, 1.82) is 0 Å². The largest absolute Gasteiger partial charge is 0.491 e. The lowest BCUT2D eigenvalue weighted by atomic mass is 9.95. The molecule has 1 aromatic carbocycles. The molecule has 1 aromatic rings. The number of piperidine rings is 1. The van der Waals surface area contributed by atoms with E-state index in [2.05, 4.69) is 11.0 Å². The number of aliphatic hydroxyl groups excluding tert-OH is 1. The van der Waals surface area contributed by atoms with E-state index < -0.39 is 6.10 Å². The maximum Gasteiger partial charge on any atom is 0.225 e. The Morgan fingerprint density at radius 3 is 2.62 bits per heavy atom. The van der Waals surface area contributed by atoms with Crippen LogP contribution < -0.4 is 4.74 Å². The third-order valence-corrected chi connectivity index (χ3v) is 4.62. The van der Waals surface area contributed by atoms with Gasteiger partial charge in [-0.1, -0.05) is 12.1 Å². The van der Waals surface area contributed by atoms with Crippen LogP contribution in [0.25, 0.3) is 0 Å². The number of carbonyl (C=O) groups excluding carboxylic acids is 1. The molecule has 24 heavy (non-hydrogen) atoms. The zero-order valence-corrected chi connectivity index (χ0v) is 15.3. The smallest absolute Gasteiger partial charge is 0.225 e. The first kappa shape index (κ1) is 18.7. The molecule has 0 spiro atoms. The van der Waals surface area contributed by atoms with Gasteiger partial charge in [-0.3, -0.25) is 4.79 Å². The summed E-state index contributed by atoms with van der Waals surface area (Å²) in [5, 5.41) is 10.2. The van der Waals surface area contributed by atoms with Crippen molar-refractivity contribution in [3.05, 3.63) is 29.3 Å². The molecule has 0 aliphatic carbocycles. The fraction of sp³-hybridized carbons (Fsp3) is 0.632.